The lowest BCUT2D eigenvalue weighted by Gasteiger charge is -2.42. The molecule has 2 aliphatic rings. The van der Waals surface area contributed by atoms with Crippen LogP contribution in [0.5, 0.6) is 5.75 Å². The van der Waals surface area contributed by atoms with E-state index in [2.05, 4.69) is 34.1 Å². The van der Waals surface area contributed by atoms with Gasteiger partial charge in [0.2, 0.25) is 0 Å². The molecule has 2 saturated heterocycles. The number of piperidine rings is 1. The third-order valence-corrected chi connectivity index (χ3v) is 9.20. The lowest BCUT2D eigenvalue weighted by molar-refractivity contribution is -0.141. The van der Waals surface area contributed by atoms with Gasteiger partial charge in [-0.3, -0.25) is 14.7 Å². The van der Waals surface area contributed by atoms with Crippen molar-refractivity contribution in [2.45, 2.75) is 57.6 Å². The van der Waals surface area contributed by atoms with Crippen molar-refractivity contribution in [3.05, 3.63) is 71.4 Å². The molecular weight excluding hydrogens is 530 g/mol. The number of nitrogens with zero attached hydrogens (tertiary/aromatic N) is 3. The number of hydrogen-bond acceptors (Lipinski definition) is 7. The van der Waals surface area contributed by atoms with E-state index in [1.165, 1.54) is 5.56 Å². The van der Waals surface area contributed by atoms with E-state index < -0.39 is 12.1 Å². The van der Waals surface area contributed by atoms with Crippen LogP contribution in [0.3, 0.4) is 0 Å². The highest BCUT2D eigenvalue weighted by atomic mass is 16.5. The smallest absolute Gasteiger partial charge is 0.303 e. The summed E-state index contributed by atoms with van der Waals surface area (Å²) in [7, 11) is 1.64. The minimum atomic E-state index is -0.755. The van der Waals surface area contributed by atoms with Crippen molar-refractivity contribution in [2.75, 3.05) is 53.0 Å². The highest BCUT2D eigenvalue weighted by Crippen LogP contribution is 2.42. The fourth-order valence-electron chi connectivity index (χ4n) is 6.71. The molecule has 0 spiro atoms. The normalized spacial score (nSPS) is 18.6. The van der Waals surface area contributed by atoms with Gasteiger partial charge in [0.05, 0.1) is 38.4 Å². The summed E-state index contributed by atoms with van der Waals surface area (Å²) in [5.41, 5.74) is 3.76. The molecule has 0 aliphatic carbocycles. The highest BCUT2D eigenvalue weighted by Gasteiger charge is 2.37. The van der Waals surface area contributed by atoms with Crippen LogP contribution in [-0.4, -0.2) is 84.0 Å². The van der Waals surface area contributed by atoms with Gasteiger partial charge >= 0.3 is 5.97 Å². The van der Waals surface area contributed by atoms with Crippen molar-refractivity contribution in [3.8, 4) is 5.75 Å². The molecule has 3 aromatic rings. The predicted octanol–water partition coefficient (Wildman–Crippen LogP) is 5.08. The molecule has 1 atom stereocenters. The van der Waals surface area contributed by atoms with Crippen molar-refractivity contribution in [1.82, 2.24) is 14.8 Å². The molecule has 0 amide bonds. The minimum Gasteiger partial charge on any atom is -0.497 e. The monoisotopic (exact) mass is 575 g/mol. The number of pyridine rings is 1. The Morgan fingerprint density at radius 1 is 1.07 bits per heavy atom. The van der Waals surface area contributed by atoms with E-state index in [-0.39, 0.29) is 11.8 Å². The number of hydrogen-bond donors (Lipinski definition) is 2. The fourth-order valence-corrected chi connectivity index (χ4v) is 6.71. The maximum Gasteiger partial charge on any atom is 0.303 e. The predicted molar refractivity (Wildman–Crippen MR) is 164 cm³/mol. The molecular formula is C34H45N3O5. The van der Waals surface area contributed by atoms with E-state index in [1.807, 2.05) is 30.5 Å². The zero-order chi connectivity index (χ0) is 29.4. The third kappa shape index (κ3) is 7.86. The van der Waals surface area contributed by atoms with Crippen molar-refractivity contribution >= 4 is 16.9 Å². The second-order valence-corrected chi connectivity index (χ2v) is 12.0. The number of carboxylic acid groups (broad SMARTS) is 1. The van der Waals surface area contributed by atoms with Crippen LogP contribution in [-0.2, 0) is 22.5 Å². The Kier molecular flexibility index (Phi) is 10.4. The number of carbonyl (C=O) groups is 1. The number of methoxy groups -OCH3 is 1. The summed E-state index contributed by atoms with van der Waals surface area (Å²) in [6.45, 7) is 6.60. The molecule has 2 aliphatic heterocycles. The van der Waals surface area contributed by atoms with Gasteiger partial charge in [-0.15, -0.1) is 0 Å². The molecule has 8 heteroatoms. The fraction of sp³-hybridized carbons (Fsp3) is 0.529. The molecule has 0 unspecified atom stereocenters. The van der Waals surface area contributed by atoms with E-state index in [4.69, 9.17) is 14.5 Å². The van der Waals surface area contributed by atoms with Gasteiger partial charge in [-0.2, -0.15) is 0 Å². The Bertz CT molecular complexity index is 1300. The first kappa shape index (κ1) is 30.4. The zero-order valence-electron chi connectivity index (χ0n) is 24.8. The average molecular weight is 576 g/mol. The Labute approximate surface area is 249 Å². The number of rotatable bonds is 13. The number of likely N-dealkylation sites (tertiary alicyclic amines) is 1. The summed E-state index contributed by atoms with van der Waals surface area (Å²) < 4.78 is 11.1. The third-order valence-electron chi connectivity index (χ3n) is 9.20. The summed E-state index contributed by atoms with van der Waals surface area (Å²) in [5.74, 6) is -0.0302. The van der Waals surface area contributed by atoms with Crippen LogP contribution in [0.1, 0.15) is 61.3 Å². The summed E-state index contributed by atoms with van der Waals surface area (Å²) in [6.07, 6.45) is 6.31. The molecule has 8 nitrogen and oxygen atoms in total. The molecule has 2 fully saturated rings. The maximum atomic E-state index is 12.0. The number of aliphatic carboxylic acids is 1. The van der Waals surface area contributed by atoms with Gasteiger partial charge in [0.25, 0.3) is 0 Å². The molecule has 1 aromatic heterocycles. The standard InChI is InChI=1S/C34H45N3O5/c1-41-28-9-10-30-29(22-28)33(27(24-35-30)25-37-18-20-42-21-19-37)31(38)11-12-34(23-32(39)40)13-16-36(17-14-34)15-5-8-26-6-3-2-4-7-26/h2-4,6-7,9-10,22,24,31,38H,5,8,11-21,23,25H2,1H3,(H,39,40)/t31-/m0/s1. The summed E-state index contributed by atoms with van der Waals surface area (Å²) in [5, 5.41) is 22.5. The van der Waals surface area contributed by atoms with Gasteiger partial charge in [-0.25, -0.2) is 0 Å². The Balaban J connectivity index is 1.28. The first-order valence-corrected chi connectivity index (χ1v) is 15.4. The largest absolute Gasteiger partial charge is 0.497 e. The van der Waals surface area contributed by atoms with Crippen LogP contribution in [0.15, 0.2) is 54.7 Å². The molecule has 42 heavy (non-hydrogen) atoms. The highest BCUT2D eigenvalue weighted by molar-refractivity contribution is 5.85. The second-order valence-electron chi connectivity index (χ2n) is 12.0. The van der Waals surface area contributed by atoms with Gasteiger partial charge in [0, 0.05) is 31.2 Å². The number of aryl methyl sites for hydroxylation is 1. The van der Waals surface area contributed by atoms with E-state index in [0.717, 1.165) is 86.2 Å². The summed E-state index contributed by atoms with van der Waals surface area (Å²) >= 11 is 0. The zero-order valence-corrected chi connectivity index (χ0v) is 24.8. The van der Waals surface area contributed by atoms with E-state index >= 15 is 0 Å². The Morgan fingerprint density at radius 3 is 2.55 bits per heavy atom. The number of aliphatic hydroxyl groups is 1. The summed E-state index contributed by atoms with van der Waals surface area (Å²) in [4.78, 5) is 21.5. The molecule has 0 bridgehead atoms. The topological polar surface area (TPSA) is 95.4 Å². The van der Waals surface area contributed by atoms with Crippen LogP contribution in [0, 0.1) is 5.41 Å². The van der Waals surface area contributed by atoms with Gasteiger partial charge in [-0.05, 0) is 98.5 Å². The molecule has 0 radical (unpaired) electrons. The van der Waals surface area contributed by atoms with Crippen LogP contribution >= 0.6 is 0 Å². The van der Waals surface area contributed by atoms with Crippen molar-refractivity contribution < 1.29 is 24.5 Å². The van der Waals surface area contributed by atoms with Crippen molar-refractivity contribution in [2.24, 2.45) is 5.41 Å². The van der Waals surface area contributed by atoms with Crippen LogP contribution in [0.2, 0.25) is 0 Å². The minimum absolute atomic E-state index is 0.142. The van der Waals surface area contributed by atoms with E-state index in [0.29, 0.717) is 32.6 Å². The first-order valence-electron chi connectivity index (χ1n) is 15.4. The van der Waals surface area contributed by atoms with Gasteiger partial charge in [-0.1, -0.05) is 30.3 Å². The Morgan fingerprint density at radius 2 is 1.83 bits per heavy atom. The lowest BCUT2D eigenvalue weighted by atomic mass is 9.71. The number of aliphatic hydroxyl groups excluding tert-OH is 1. The maximum absolute atomic E-state index is 12.0. The number of fused-ring (bicyclic) bond motifs is 1. The van der Waals surface area contributed by atoms with Crippen molar-refractivity contribution in [3.63, 3.8) is 0 Å². The molecule has 2 aromatic carbocycles. The van der Waals surface area contributed by atoms with Gasteiger partial charge < -0.3 is 24.6 Å². The second kappa shape index (κ2) is 14.4. The SMILES string of the molecule is COc1ccc2ncc(CN3CCOCC3)c([C@@H](O)CCC3(CC(=O)O)CCN(CCCc4ccccc4)CC3)c2c1. The molecule has 2 N–H and O–H groups in total. The number of aromatic nitrogens is 1. The van der Waals surface area contributed by atoms with Crippen LogP contribution in [0.25, 0.3) is 10.9 Å². The number of morpholine rings is 1. The van der Waals surface area contributed by atoms with Crippen LogP contribution in [0.4, 0.5) is 0 Å². The molecule has 3 heterocycles. The number of carboxylic acids is 1. The van der Waals surface area contributed by atoms with Crippen molar-refractivity contribution in [1.29, 1.82) is 0 Å². The van der Waals surface area contributed by atoms with E-state index in [1.54, 1.807) is 7.11 Å². The quantitative estimate of drug-likeness (QED) is 0.292. The lowest BCUT2D eigenvalue weighted by Crippen LogP contribution is -2.41. The average Bonchev–Trinajstić information content (AvgIpc) is 3.01. The molecule has 0 saturated carbocycles. The van der Waals surface area contributed by atoms with Crippen LogP contribution < -0.4 is 4.74 Å². The number of benzene rings is 2. The summed E-state index contributed by atoms with van der Waals surface area (Å²) in [6, 6.07) is 16.4. The van der Waals surface area contributed by atoms with E-state index in [9.17, 15) is 15.0 Å². The Hall–Kier alpha value is -3.04. The first-order chi connectivity index (χ1) is 20.4. The molecule has 5 rings (SSSR count). The van der Waals surface area contributed by atoms with Gasteiger partial charge in [0.15, 0.2) is 0 Å². The molecule has 226 valence electrons. The number of ether oxygens (including phenoxy) is 2. The van der Waals surface area contributed by atoms with Gasteiger partial charge in [0.1, 0.15) is 5.75 Å².